The summed E-state index contributed by atoms with van der Waals surface area (Å²) in [7, 11) is 0. The lowest BCUT2D eigenvalue weighted by atomic mass is 10.2. The Morgan fingerprint density at radius 1 is 1.75 bits per heavy atom. The molecular weight excluding hydrogens is 180 g/mol. The Hall–Kier alpha value is -0.740. The first-order chi connectivity index (χ1) is 5.34. The van der Waals surface area contributed by atoms with Crippen LogP contribution in [0.4, 0.5) is 0 Å². The Morgan fingerprint density at radius 3 is 3.00 bits per heavy atom. The van der Waals surface area contributed by atoms with Crippen LogP contribution in [0, 0.1) is 0 Å². The summed E-state index contributed by atoms with van der Waals surface area (Å²) < 4.78 is 4.79. The third-order valence-corrected chi connectivity index (χ3v) is 1.36. The zero-order valence-electron chi connectivity index (χ0n) is 6.92. The van der Waals surface area contributed by atoms with Crippen molar-refractivity contribution >= 4 is 18.4 Å². The normalized spacial score (nSPS) is 15.2. The summed E-state index contributed by atoms with van der Waals surface area (Å²) in [6.07, 6.45) is 1.69. The number of ether oxygens (including phenoxy) is 1. The SMILES string of the molecule is CCOC(=O)C1=CNCNC1.Cl. The van der Waals surface area contributed by atoms with Crippen LogP contribution in [0.3, 0.4) is 0 Å². The van der Waals surface area contributed by atoms with Crippen molar-refractivity contribution in [3.8, 4) is 0 Å². The van der Waals surface area contributed by atoms with E-state index in [4.69, 9.17) is 4.74 Å². The number of rotatable bonds is 2. The van der Waals surface area contributed by atoms with E-state index in [2.05, 4.69) is 10.6 Å². The lowest BCUT2D eigenvalue weighted by Gasteiger charge is -2.13. The van der Waals surface area contributed by atoms with Crippen molar-refractivity contribution < 1.29 is 9.53 Å². The number of esters is 1. The highest BCUT2D eigenvalue weighted by Gasteiger charge is 2.11. The second kappa shape index (κ2) is 5.85. The van der Waals surface area contributed by atoms with E-state index in [1.54, 1.807) is 13.1 Å². The van der Waals surface area contributed by atoms with Gasteiger partial charge in [-0.15, -0.1) is 12.4 Å². The van der Waals surface area contributed by atoms with Crippen LogP contribution in [0.5, 0.6) is 0 Å². The van der Waals surface area contributed by atoms with E-state index in [1.807, 2.05) is 0 Å². The van der Waals surface area contributed by atoms with Gasteiger partial charge in [0.25, 0.3) is 0 Å². The van der Waals surface area contributed by atoms with Gasteiger partial charge < -0.3 is 10.1 Å². The minimum absolute atomic E-state index is 0. The first kappa shape index (κ1) is 11.3. The van der Waals surface area contributed by atoms with Gasteiger partial charge in [0.2, 0.25) is 0 Å². The quantitative estimate of drug-likeness (QED) is 0.605. The lowest BCUT2D eigenvalue weighted by Crippen LogP contribution is -2.35. The molecule has 0 fully saturated rings. The number of carbonyl (C=O) groups is 1. The van der Waals surface area contributed by atoms with Crippen LogP contribution in [-0.4, -0.2) is 25.8 Å². The molecular formula is C7H13ClN2O2. The number of hydrogen-bond acceptors (Lipinski definition) is 4. The molecule has 4 nitrogen and oxygen atoms in total. The summed E-state index contributed by atoms with van der Waals surface area (Å²) in [5.41, 5.74) is 0.651. The summed E-state index contributed by atoms with van der Waals surface area (Å²) in [5.74, 6) is -0.243. The number of carbonyl (C=O) groups excluding carboxylic acids is 1. The molecule has 0 aliphatic carbocycles. The zero-order chi connectivity index (χ0) is 8.10. The Kier molecular flexibility index (Phi) is 5.49. The molecule has 0 atom stereocenters. The van der Waals surface area contributed by atoms with Crippen molar-refractivity contribution in [3.63, 3.8) is 0 Å². The smallest absolute Gasteiger partial charge is 0.336 e. The molecule has 0 saturated carbocycles. The van der Waals surface area contributed by atoms with Gasteiger partial charge in [0.15, 0.2) is 0 Å². The molecule has 1 rings (SSSR count). The van der Waals surface area contributed by atoms with Gasteiger partial charge in [0.05, 0.1) is 18.8 Å². The highest BCUT2D eigenvalue weighted by atomic mass is 35.5. The van der Waals surface area contributed by atoms with Gasteiger partial charge in [-0.1, -0.05) is 0 Å². The third kappa shape index (κ3) is 3.11. The molecule has 0 saturated heterocycles. The fourth-order valence-electron chi connectivity index (χ4n) is 0.849. The third-order valence-electron chi connectivity index (χ3n) is 1.36. The van der Waals surface area contributed by atoms with Crippen LogP contribution in [0.25, 0.3) is 0 Å². The molecule has 1 aliphatic rings. The van der Waals surface area contributed by atoms with Crippen molar-refractivity contribution in [2.75, 3.05) is 19.8 Å². The van der Waals surface area contributed by atoms with Crippen LogP contribution >= 0.6 is 12.4 Å². The predicted octanol–water partition coefficient (Wildman–Crippen LogP) is 0.00550. The van der Waals surface area contributed by atoms with E-state index < -0.39 is 0 Å². The minimum atomic E-state index is -0.243. The molecule has 0 radical (unpaired) electrons. The van der Waals surface area contributed by atoms with E-state index in [1.165, 1.54) is 0 Å². The van der Waals surface area contributed by atoms with E-state index in [0.29, 0.717) is 25.4 Å². The van der Waals surface area contributed by atoms with Gasteiger partial charge >= 0.3 is 5.97 Å². The predicted molar refractivity (Wildman–Crippen MR) is 48.0 cm³/mol. The Balaban J connectivity index is 0.00000121. The first-order valence-electron chi connectivity index (χ1n) is 3.65. The fourth-order valence-corrected chi connectivity index (χ4v) is 0.849. The summed E-state index contributed by atoms with van der Waals surface area (Å²) in [5, 5.41) is 5.89. The lowest BCUT2D eigenvalue weighted by molar-refractivity contribution is -0.138. The molecule has 70 valence electrons. The highest BCUT2D eigenvalue weighted by molar-refractivity contribution is 5.88. The van der Waals surface area contributed by atoms with Crippen molar-refractivity contribution in [1.82, 2.24) is 10.6 Å². The minimum Gasteiger partial charge on any atom is -0.463 e. The first-order valence-corrected chi connectivity index (χ1v) is 3.65. The van der Waals surface area contributed by atoms with E-state index in [0.717, 1.165) is 0 Å². The molecule has 12 heavy (non-hydrogen) atoms. The topological polar surface area (TPSA) is 50.4 Å². The van der Waals surface area contributed by atoms with Crippen molar-refractivity contribution in [1.29, 1.82) is 0 Å². The number of hydrogen-bond donors (Lipinski definition) is 2. The summed E-state index contributed by atoms with van der Waals surface area (Å²) in [6.45, 7) is 3.52. The van der Waals surface area contributed by atoms with Gasteiger partial charge in [-0.3, -0.25) is 5.32 Å². The van der Waals surface area contributed by atoms with Crippen molar-refractivity contribution in [3.05, 3.63) is 11.8 Å². The molecule has 0 unspecified atom stereocenters. The summed E-state index contributed by atoms with van der Waals surface area (Å²) in [4.78, 5) is 11.0. The Bertz CT molecular complexity index is 182. The van der Waals surface area contributed by atoms with Gasteiger partial charge in [0, 0.05) is 12.7 Å². The zero-order valence-corrected chi connectivity index (χ0v) is 7.74. The van der Waals surface area contributed by atoms with Gasteiger partial charge in [-0.05, 0) is 6.92 Å². The van der Waals surface area contributed by atoms with Crippen LogP contribution in [0.2, 0.25) is 0 Å². The molecule has 2 N–H and O–H groups in total. The molecule has 0 amide bonds. The van der Waals surface area contributed by atoms with Crippen LogP contribution < -0.4 is 10.6 Å². The molecule has 0 bridgehead atoms. The van der Waals surface area contributed by atoms with Gasteiger partial charge in [-0.25, -0.2) is 4.79 Å². The molecule has 1 aliphatic heterocycles. The molecule has 0 aromatic carbocycles. The molecule has 0 aromatic heterocycles. The standard InChI is InChI=1S/C7H12N2O2.ClH/c1-2-11-7(10)6-3-8-5-9-4-6;/h3,8-9H,2,4-5H2,1H3;1H. The maximum atomic E-state index is 11.0. The Morgan fingerprint density at radius 2 is 2.50 bits per heavy atom. The molecule has 5 heteroatoms. The van der Waals surface area contributed by atoms with Crippen LogP contribution in [-0.2, 0) is 9.53 Å². The van der Waals surface area contributed by atoms with Gasteiger partial charge in [-0.2, -0.15) is 0 Å². The Labute approximate surface area is 77.8 Å². The fraction of sp³-hybridized carbons (Fsp3) is 0.571. The van der Waals surface area contributed by atoms with Crippen molar-refractivity contribution in [2.45, 2.75) is 6.92 Å². The number of nitrogens with one attached hydrogen (secondary N) is 2. The van der Waals surface area contributed by atoms with Crippen molar-refractivity contribution in [2.24, 2.45) is 0 Å². The van der Waals surface area contributed by atoms with E-state index in [9.17, 15) is 4.79 Å². The number of halogens is 1. The average molecular weight is 193 g/mol. The summed E-state index contributed by atoms with van der Waals surface area (Å²) in [6, 6.07) is 0. The van der Waals surface area contributed by atoms with Crippen LogP contribution in [0.1, 0.15) is 6.92 Å². The van der Waals surface area contributed by atoms with Gasteiger partial charge in [0.1, 0.15) is 0 Å². The maximum absolute atomic E-state index is 11.0. The average Bonchev–Trinajstić information content (AvgIpc) is 2.07. The molecule has 1 heterocycles. The monoisotopic (exact) mass is 192 g/mol. The second-order valence-corrected chi connectivity index (χ2v) is 2.20. The van der Waals surface area contributed by atoms with Crippen LogP contribution in [0.15, 0.2) is 11.8 Å². The maximum Gasteiger partial charge on any atom is 0.336 e. The highest BCUT2D eigenvalue weighted by Crippen LogP contribution is 1.97. The molecule has 0 spiro atoms. The molecule has 0 aromatic rings. The largest absolute Gasteiger partial charge is 0.463 e. The second-order valence-electron chi connectivity index (χ2n) is 2.20. The summed E-state index contributed by atoms with van der Waals surface area (Å²) >= 11 is 0. The van der Waals surface area contributed by atoms with E-state index >= 15 is 0 Å². The van der Waals surface area contributed by atoms with E-state index in [-0.39, 0.29) is 18.4 Å².